The summed E-state index contributed by atoms with van der Waals surface area (Å²) in [6.45, 7) is 7.34. The third-order valence-corrected chi connectivity index (χ3v) is 3.56. The molecule has 5 nitrogen and oxygen atoms in total. The monoisotopic (exact) mass is 250 g/mol. The van der Waals surface area contributed by atoms with Gasteiger partial charge in [0.15, 0.2) is 0 Å². The van der Waals surface area contributed by atoms with E-state index in [0.717, 1.165) is 38.3 Å². The van der Waals surface area contributed by atoms with E-state index in [0.29, 0.717) is 6.54 Å². The zero-order valence-corrected chi connectivity index (χ0v) is 11.2. The van der Waals surface area contributed by atoms with Gasteiger partial charge in [-0.25, -0.2) is 4.98 Å². The van der Waals surface area contributed by atoms with Crippen molar-refractivity contribution in [1.29, 1.82) is 0 Å². The van der Waals surface area contributed by atoms with Gasteiger partial charge in [-0.1, -0.05) is 13.8 Å². The van der Waals surface area contributed by atoms with Crippen LogP contribution in [0.4, 0.5) is 0 Å². The second kappa shape index (κ2) is 6.00. The number of aryl methyl sites for hydroxylation is 1. The van der Waals surface area contributed by atoms with Crippen LogP contribution in [0.15, 0.2) is 12.4 Å². The molecule has 0 radical (unpaired) electrons. The van der Waals surface area contributed by atoms with Gasteiger partial charge in [-0.2, -0.15) is 0 Å². The molecule has 1 amide bonds. The Labute approximate surface area is 108 Å². The largest absolute Gasteiger partial charge is 0.350 e. The molecular formula is C13H22N4O. The molecule has 0 aromatic carbocycles. The number of nitrogens with one attached hydrogen (secondary N) is 1. The Morgan fingerprint density at radius 3 is 3.06 bits per heavy atom. The number of rotatable bonds is 5. The molecule has 1 aromatic heterocycles. The lowest BCUT2D eigenvalue weighted by Gasteiger charge is -2.26. The van der Waals surface area contributed by atoms with Crippen LogP contribution in [0.1, 0.15) is 26.1 Å². The fourth-order valence-corrected chi connectivity index (χ4v) is 2.41. The summed E-state index contributed by atoms with van der Waals surface area (Å²) >= 11 is 0. The third-order valence-electron chi connectivity index (χ3n) is 3.56. The second-order valence-electron chi connectivity index (χ2n) is 4.76. The summed E-state index contributed by atoms with van der Waals surface area (Å²) in [5, 5.41) is 3.12. The third kappa shape index (κ3) is 3.10. The highest BCUT2D eigenvalue weighted by Gasteiger charge is 2.20. The molecule has 1 aliphatic heterocycles. The average molecular weight is 250 g/mol. The van der Waals surface area contributed by atoms with Gasteiger partial charge in [-0.3, -0.25) is 9.69 Å². The Hall–Kier alpha value is -1.36. The molecule has 0 spiro atoms. The topological polar surface area (TPSA) is 50.2 Å². The second-order valence-corrected chi connectivity index (χ2v) is 4.76. The molecule has 0 saturated carbocycles. The first-order chi connectivity index (χ1) is 8.72. The van der Waals surface area contributed by atoms with Gasteiger partial charge >= 0.3 is 0 Å². The number of nitrogens with zero attached hydrogens (tertiary/aromatic N) is 3. The minimum atomic E-state index is 0.132. The van der Waals surface area contributed by atoms with Crippen LogP contribution in [-0.4, -0.2) is 46.0 Å². The number of hydrogen-bond donors (Lipinski definition) is 1. The summed E-state index contributed by atoms with van der Waals surface area (Å²) in [5.74, 6) is 1.26. The summed E-state index contributed by atoms with van der Waals surface area (Å²) in [5.41, 5.74) is 0. The highest BCUT2D eigenvalue weighted by molar-refractivity contribution is 5.78. The maximum absolute atomic E-state index is 11.9. The molecule has 18 heavy (non-hydrogen) atoms. The zero-order chi connectivity index (χ0) is 13.0. The van der Waals surface area contributed by atoms with Crippen LogP contribution in [0.2, 0.25) is 0 Å². The molecule has 2 heterocycles. The smallest absolute Gasteiger partial charge is 0.234 e. The van der Waals surface area contributed by atoms with E-state index in [4.69, 9.17) is 0 Å². The SMILES string of the molecule is CCN(CC)CC(=O)N[C@H]1CCc2nccn2C1. The Morgan fingerprint density at radius 1 is 1.56 bits per heavy atom. The molecular weight excluding hydrogens is 228 g/mol. The van der Waals surface area contributed by atoms with Crippen LogP contribution < -0.4 is 5.32 Å². The fourth-order valence-electron chi connectivity index (χ4n) is 2.41. The molecule has 2 rings (SSSR count). The molecule has 1 aliphatic rings. The molecule has 100 valence electrons. The molecule has 0 aliphatic carbocycles. The van der Waals surface area contributed by atoms with Crippen LogP contribution in [-0.2, 0) is 17.8 Å². The quantitative estimate of drug-likeness (QED) is 0.835. The van der Waals surface area contributed by atoms with Gasteiger partial charge in [-0.15, -0.1) is 0 Å². The van der Waals surface area contributed by atoms with Gasteiger partial charge in [0.1, 0.15) is 5.82 Å². The Morgan fingerprint density at radius 2 is 2.33 bits per heavy atom. The van der Waals surface area contributed by atoms with Crippen molar-refractivity contribution in [3.8, 4) is 0 Å². The molecule has 0 bridgehead atoms. The van der Waals surface area contributed by atoms with Gasteiger partial charge in [0.25, 0.3) is 0 Å². The Bertz CT molecular complexity index is 397. The number of imidazole rings is 1. The van der Waals surface area contributed by atoms with E-state index in [1.54, 1.807) is 0 Å². The maximum atomic E-state index is 11.9. The maximum Gasteiger partial charge on any atom is 0.234 e. The van der Waals surface area contributed by atoms with Crippen molar-refractivity contribution >= 4 is 5.91 Å². The lowest BCUT2D eigenvalue weighted by molar-refractivity contribution is -0.123. The average Bonchev–Trinajstić information content (AvgIpc) is 2.83. The summed E-state index contributed by atoms with van der Waals surface area (Å²) in [7, 11) is 0. The van der Waals surface area contributed by atoms with Gasteiger partial charge in [0.05, 0.1) is 6.54 Å². The molecule has 1 aromatic rings. The molecule has 0 saturated heterocycles. The van der Waals surface area contributed by atoms with E-state index >= 15 is 0 Å². The van der Waals surface area contributed by atoms with E-state index in [1.807, 2.05) is 12.4 Å². The lowest BCUT2D eigenvalue weighted by atomic mass is 10.1. The van der Waals surface area contributed by atoms with Crippen molar-refractivity contribution in [2.45, 2.75) is 39.3 Å². The number of carbonyl (C=O) groups excluding carboxylic acids is 1. The number of amides is 1. The molecule has 1 atom stereocenters. The van der Waals surface area contributed by atoms with Crippen LogP contribution >= 0.6 is 0 Å². The molecule has 0 fully saturated rings. The lowest BCUT2D eigenvalue weighted by Crippen LogP contribution is -2.45. The first kappa shape index (κ1) is 13.1. The van der Waals surface area contributed by atoms with Crippen molar-refractivity contribution in [2.24, 2.45) is 0 Å². The van der Waals surface area contributed by atoms with Crippen molar-refractivity contribution in [3.05, 3.63) is 18.2 Å². The number of fused-ring (bicyclic) bond motifs is 1. The molecule has 1 N–H and O–H groups in total. The van der Waals surface area contributed by atoms with Crippen molar-refractivity contribution in [1.82, 2.24) is 19.8 Å². The van der Waals surface area contributed by atoms with E-state index < -0.39 is 0 Å². The normalized spacial score (nSPS) is 18.7. The molecule has 5 heteroatoms. The standard InChI is InChI=1S/C13H22N4O/c1-3-16(4-2)10-13(18)15-11-5-6-12-14-7-8-17(12)9-11/h7-8,11H,3-6,9-10H2,1-2H3,(H,15,18)/t11-/m0/s1. The number of likely N-dealkylation sites (N-methyl/N-ethyl adjacent to an activating group) is 1. The van der Waals surface area contributed by atoms with Crippen LogP contribution in [0.5, 0.6) is 0 Å². The first-order valence-electron chi connectivity index (χ1n) is 6.74. The van der Waals surface area contributed by atoms with Crippen LogP contribution in [0.3, 0.4) is 0 Å². The highest BCUT2D eigenvalue weighted by atomic mass is 16.2. The summed E-state index contributed by atoms with van der Waals surface area (Å²) in [6, 6.07) is 0.245. The minimum Gasteiger partial charge on any atom is -0.350 e. The van der Waals surface area contributed by atoms with Crippen molar-refractivity contribution in [3.63, 3.8) is 0 Å². The number of aromatic nitrogens is 2. The highest BCUT2D eigenvalue weighted by Crippen LogP contribution is 2.12. The van der Waals surface area contributed by atoms with Gasteiger partial charge in [0, 0.05) is 31.4 Å². The Kier molecular flexibility index (Phi) is 4.36. The Balaban J connectivity index is 1.82. The number of carbonyl (C=O) groups is 1. The zero-order valence-electron chi connectivity index (χ0n) is 11.2. The first-order valence-corrected chi connectivity index (χ1v) is 6.74. The summed E-state index contributed by atoms with van der Waals surface area (Å²) < 4.78 is 2.13. The van der Waals surface area contributed by atoms with E-state index in [1.165, 1.54) is 0 Å². The van der Waals surface area contributed by atoms with E-state index in [-0.39, 0.29) is 11.9 Å². The van der Waals surface area contributed by atoms with E-state index in [9.17, 15) is 4.79 Å². The number of hydrogen-bond acceptors (Lipinski definition) is 3. The summed E-state index contributed by atoms with van der Waals surface area (Å²) in [4.78, 5) is 18.3. The predicted octanol–water partition coefficient (Wildman–Crippen LogP) is 0.656. The fraction of sp³-hybridized carbons (Fsp3) is 0.692. The van der Waals surface area contributed by atoms with Crippen LogP contribution in [0, 0.1) is 0 Å². The predicted molar refractivity (Wildman–Crippen MR) is 70.3 cm³/mol. The van der Waals surface area contributed by atoms with Gasteiger partial charge in [-0.05, 0) is 19.5 Å². The minimum absolute atomic E-state index is 0.132. The van der Waals surface area contributed by atoms with Gasteiger partial charge < -0.3 is 9.88 Å². The van der Waals surface area contributed by atoms with Crippen molar-refractivity contribution in [2.75, 3.05) is 19.6 Å². The van der Waals surface area contributed by atoms with E-state index in [2.05, 4.69) is 33.6 Å². The van der Waals surface area contributed by atoms with Gasteiger partial charge in [0.2, 0.25) is 5.91 Å². The molecule has 0 unspecified atom stereocenters. The van der Waals surface area contributed by atoms with Crippen LogP contribution in [0.25, 0.3) is 0 Å². The summed E-state index contributed by atoms with van der Waals surface area (Å²) in [6.07, 6.45) is 5.75. The van der Waals surface area contributed by atoms with Crippen molar-refractivity contribution < 1.29 is 4.79 Å².